The monoisotopic (exact) mass is 499 g/mol. The van der Waals surface area contributed by atoms with Crippen LogP contribution in [-0.2, 0) is 20.7 Å². The van der Waals surface area contributed by atoms with Gasteiger partial charge in [0.2, 0.25) is 0 Å². The fourth-order valence-electron chi connectivity index (χ4n) is 3.38. The fraction of sp³-hybridized carbons (Fsp3) is 0.308. The van der Waals surface area contributed by atoms with Crippen molar-refractivity contribution in [3.8, 4) is 0 Å². The molecule has 184 valence electrons. The van der Waals surface area contributed by atoms with E-state index in [0.29, 0.717) is 30.8 Å². The van der Waals surface area contributed by atoms with Gasteiger partial charge in [-0.15, -0.1) is 0 Å². The first kappa shape index (κ1) is 26.2. The molecule has 9 heteroatoms. The number of nitrogens with one attached hydrogen (secondary N) is 2. The third-order valence-corrected chi connectivity index (χ3v) is 5.47. The summed E-state index contributed by atoms with van der Waals surface area (Å²) in [5.41, 5.74) is 1.85. The zero-order valence-electron chi connectivity index (χ0n) is 19.6. The SMILES string of the molecule is CC(C)OCCCNC(=O)C1=C(C(=O)Nc2ccc(CC(=O)c3ccc(F)cc3Cl)cc2)CC=N1. The molecule has 2 aromatic carbocycles. The molecule has 0 aromatic heterocycles. The summed E-state index contributed by atoms with van der Waals surface area (Å²) in [6, 6.07) is 10.4. The highest BCUT2D eigenvalue weighted by atomic mass is 35.5. The smallest absolute Gasteiger partial charge is 0.270 e. The molecule has 0 saturated carbocycles. The van der Waals surface area contributed by atoms with Crippen LogP contribution in [0.4, 0.5) is 10.1 Å². The van der Waals surface area contributed by atoms with Crippen LogP contribution in [0.1, 0.15) is 42.6 Å². The minimum absolute atomic E-state index is 0.0645. The number of ketones is 1. The largest absolute Gasteiger partial charge is 0.379 e. The van der Waals surface area contributed by atoms with Crippen LogP contribution in [0.3, 0.4) is 0 Å². The van der Waals surface area contributed by atoms with Crippen molar-refractivity contribution in [2.75, 3.05) is 18.5 Å². The highest BCUT2D eigenvalue weighted by Gasteiger charge is 2.23. The van der Waals surface area contributed by atoms with Crippen LogP contribution in [0.2, 0.25) is 5.02 Å². The van der Waals surface area contributed by atoms with Crippen molar-refractivity contribution in [1.29, 1.82) is 0 Å². The number of benzene rings is 2. The molecule has 2 amide bonds. The predicted octanol–water partition coefficient (Wildman–Crippen LogP) is 4.50. The molecule has 0 unspecified atom stereocenters. The van der Waals surface area contributed by atoms with Gasteiger partial charge in [-0.3, -0.25) is 19.4 Å². The zero-order valence-corrected chi connectivity index (χ0v) is 20.3. The lowest BCUT2D eigenvalue weighted by molar-refractivity contribution is -0.118. The maximum absolute atomic E-state index is 13.2. The first-order valence-electron chi connectivity index (χ1n) is 11.3. The zero-order chi connectivity index (χ0) is 25.4. The molecule has 0 aliphatic carbocycles. The van der Waals surface area contributed by atoms with Crippen LogP contribution < -0.4 is 10.6 Å². The fourth-order valence-corrected chi connectivity index (χ4v) is 3.66. The van der Waals surface area contributed by atoms with E-state index in [1.807, 2.05) is 13.8 Å². The number of amides is 2. The lowest BCUT2D eigenvalue weighted by Crippen LogP contribution is -2.28. The summed E-state index contributed by atoms with van der Waals surface area (Å²) >= 11 is 5.97. The Morgan fingerprint density at radius 1 is 1.11 bits per heavy atom. The second-order valence-corrected chi connectivity index (χ2v) is 8.65. The van der Waals surface area contributed by atoms with Gasteiger partial charge in [-0.2, -0.15) is 0 Å². The lowest BCUT2D eigenvalue weighted by atomic mass is 10.0. The molecule has 0 spiro atoms. The number of carbonyl (C=O) groups is 3. The molecule has 3 rings (SSSR count). The molecule has 35 heavy (non-hydrogen) atoms. The molecule has 1 aliphatic heterocycles. The van der Waals surface area contributed by atoms with E-state index in [1.165, 1.54) is 18.3 Å². The molecule has 7 nitrogen and oxygen atoms in total. The average molecular weight is 500 g/mol. The number of hydrogen-bond donors (Lipinski definition) is 2. The number of rotatable bonds is 11. The van der Waals surface area contributed by atoms with Crippen LogP contribution in [0, 0.1) is 5.82 Å². The van der Waals surface area contributed by atoms with Gasteiger partial charge in [0.15, 0.2) is 5.78 Å². The summed E-state index contributed by atoms with van der Waals surface area (Å²) in [4.78, 5) is 41.8. The van der Waals surface area contributed by atoms with E-state index in [0.717, 1.165) is 6.07 Å². The number of ether oxygens (including phenoxy) is 1. The van der Waals surface area contributed by atoms with E-state index in [4.69, 9.17) is 16.3 Å². The van der Waals surface area contributed by atoms with Gasteiger partial charge in [0, 0.05) is 43.5 Å². The van der Waals surface area contributed by atoms with Crippen molar-refractivity contribution in [3.63, 3.8) is 0 Å². The predicted molar refractivity (Wildman–Crippen MR) is 133 cm³/mol. The van der Waals surface area contributed by atoms with Crippen LogP contribution in [0.15, 0.2) is 58.7 Å². The standard InChI is InChI=1S/C26H27ClFN3O4/c1-16(2)35-13-3-11-30-26(34)24-21(10-12-29-24)25(33)31-19-7-4-17(5-8-19)14-23(32)20-9-6-18(28)15-22(20)27/h4-9,12,15-16H,3,10-11,13-14H2,1-2H3,(H,30,34)(H,31,33). The number of nitrogens with zero attached hydrogens (tertiary/aromatic N) is 1. The topological polar surface area (TPSA) is 96.9 Å². The van der Waals surface area contributed by atoms with Crippen LogP contribution in [0.25, 0.3) is 0 Å². The molecule has 0 bridgehead atoms. The van der Waals surface area contributed by atoms with E-state index in [1.54, 1.807) is 24.3 Å². The van der Waals surface area contributed by atoms with E-state index >= 15 is 0 Å². The molecular weight excluding hydrogens is 473 g/mol. The van der Waals surface area contributed by atoms with Crippen molar-refractivity contribution < 1.29 is 23.5 Å². The summed E-state index contributed by atoms with van der Waals surface area (Å²) in [7, 11) is 0. The van der Waals surface area contributed by atoms with Crippen molar-refractivity contribution in [3.05, 3.63) is 75.7 Å². The summed E-state index contributed by atoms with van der Waals surface area (Å²) < 4.78 is 18.6. The van der Waals surface area contributed by atoms with Crippen molar-refractivity contribution in [2.45, 2.75) is 39.2 Å². The maximum atomic E-state index is 13.2. The second-order valence-electron chi connectivity index (χ2n) is 8.25. The van der Waals surface area contributed by atoms with Gasteiger partial charge in [0.1, 0.15) is 11.5 Å². The molecule has 0 saturated heterocycles. The van der Waals surface area contributed by atoms with Gasteiger partial charge in [0.05, 0.1) is 16.7 Å². The first-order chi connectivity index (χ1) is 16.7. The highest BCUT2D eigenvalue weighted by Crippen LogP contribution is 2.21. The molecule has 2 aromatic rings. The minimum atomic E-state index is -0.508. The normalized spacial score (nSPS) is 12.8. The number of halogens is 2. The molecular formula is C26H27ClFN3O4. The number of anilines is 1. The lowest BCUT2D eigenvalue weighted by Gasteiger charge is -2.10. The summed E-state index contributed by atoms with van der Waals surface area (Å²) in [6.07, 6.45) is 2.65. The van der Waals surface area contributed by atoms with Crippen LogP contribution >= 0.6 is 11.6 Å². The van der Waals surface area contributed by atoms with E-state index in [9.17, 15) is 18.8 Å². The third kappa shape index (κ3) is 7.56. The molecule has 0 atom stereocenters. The van der Waals surface area contributed by atoms with Gasteiger partial charge in [0.25, 0.3) is 11.8 Å². The average Bonchev–Trinajstić information content (AvgIpc) is 3.30. The maximum Gasteiger partial charge on any atom is 0.270 e. The summed E-state index contributed by atoms with van der Waals surface area (Å²) in [5, 5.41) is 5.59. The Kier molecular flexibility index (Phi) is 9.28. The molecule has 0 radical (unpaired) electrons. The third-order valence-electron chi connectivity index (χ3n) is 5.16. The van der Waals surface area contributed by atoms with E-state index in [2.05, 4.69) is 15.6 Å². The summed E-state index contributed by atoms with van der Waals surface area (Å²) in [6.45, 7) is 4.84. The molecule has 0 fully saturated rings. The quantitative estimate of drug-likeness (QED) is 0.351. The molecule has 1 heterocycles. The number of hydrogen-bond acceptors (Lipinski definition) is 5. The van der Waals surface area contributed by atoms with Crippen LogP contribution in [-0.4, -0.2) is 43.1 Å². The number of carbonyl (C=O) groups excluding carboxylic acids is 3. The van der Waals surface area contributed by atoms with Gasteiger partial charge in [-0.25, -0.2) is 4.39 Å². The molecule has 2 N–H and O–H groups in total. The Morgan fingerprint density at radius 3 is 2.54 bits per heavy atom. The first-order valence-corrected chi connectivity index (χ1v) is 11.7. The Morgan fingerprint density at radius 2 is 1.86 bits per heavy atom. The molecule has 1 aliphatic rings. The van der Waals surface area contributed by atoms with Gasteiger partial charge >= 0.3 is 0 Å². The number of Topliss-reactive ketones (excluding diaryl/α,β-unsaturated/α-hetero) is 1. The second kappa shape index (κ2) is 12.4. The van der Waals surface area contributed by atoms with Gasteiger partial charge in [-0.05, 0) is 56.2 Å². The summed E-state index contributed by atoms with van der Waals surface area (Å²) in [5.74, 6) is -1.57. The van der Waals surface area contributed by atoms with Crippen molar-refractivity contribution in [2.24, 2.45) is 4.99 Å². The highest BCUT2D eigenvalue weighted by molar-refractivity contribution is 6.34. The Labute approximate surface area is 208 Å². The van der Waals surface area contributed by atoms with Gasteiger partial charge < -0.3 is 15.4 Å². The van der Waals surface area contributed by atoms with Crippen molar-refractivity contribution in [1.82, 2.24) is 5.32 Å². The van der Waals surface area contributed by atoms with E-state index in [-0.39, 0.29) is 46.6 Å². The minimum Gasteiger partial charge on any atom is -0.379 e. The Bertz CT molecular complexity index is 1160. The van der Waals surface area contributed by atoms with Gasteiger partial charge in [-0.1, -0.05) is 23.7 Å². The number of aliphatic imine (C=N–C) groups is 1. The van der Waals surface area contributed by atoms with Crippen molar-refractivity contribution >= 4 is 41.1 Å². The van der Waals surface area contributed by atoms with Crippen LogP contribution in [0.5, 0.6) is 0 Å². The van der Waals surface area contributed by atoms with E-state index < -0.39 is 17.6 Å². The Balaban J connectivity index is 1.56. The Hall–Kier alpha value is -3.36.